The average Bonchev–Trinajstić information content (AvgIpc) is 2.20. The van der Waals surface area contributed by atoms with Crippen LogP contribution in [0.2, 0.25) is 0 Å². The fourth-order valence-corrected chi connectivity index (χ4v) is 2.04. The smallest absolute Gasteiger partial charge is 0.182 e. The first-order valence-electron chi connectivity index (χ1n) is 5.35. The molecule has 2 aromatic rings. The number of nitrogens with zero attached hydrogens (tertiary/aromatic N) is 1. The molecule has 5 heteroatoms. The molecule has 18 heavy (non-hydrogen) atoms. The van der Waals surface area contributed by atoms with E-state index < -0.39 is 11.6 Å². The molecule has 1 heterocycles. The number of halogens is 2. The zero-order chi connectivity index (χ0) is 13.4. The van der Waals surface area contributed by atoms with Crippen LogP contribution in [0.1, 0.15) is 11.4 Å². The molecule has 0 radical (unpaired) electrons. The molecular formula is C13H12F2N2O. The van der Waals surface area contributed by atoms with E-state index in [1.807, 2.05) is 0 Å². The summed E-state index contributed by atoms with van der Waals surface area (Å²) in [6.45, 7) is 3.33. The normalized spacial score (nSPS) is 10.7. The van der Waals surface area contributed by atoms with Crippen molar-refractivity contribution in [3.8, 4) is 5.69 Å². The quantitative estimate of drug-likeness (QED) is 0.789. The van der Waals surface area contributed by atoms with Crippen molar-refractivity contribution >= 4 is 5.69 Å². The second-order valence-corrected chi connectivity index (χ2v) is 4.13. The monoisotopic (exact) mass is 250 g/mol. The number of nitrogens with two attached hydrogens (primary N) is 1. The lowest BCUT2D eigenvalue weighted by molar-refractivity contribution is 0.577. The lowest BCUT2D eigenvalue weighted by Crippen LogP contribution is -2.14. The molecular weight excluding hydrogens is 238 g/mol. The zero-order valence-electron chi connectivity index (χ0n) is 10.00. The molecule has 0 aliphatic rings. The Morgan fingerprint density at radius 2 is 1.61 bits per heavy atom. The molecule has 0 unspecified atom stereocenters. The van der Waals surface area contributed by atoms with Crippen LogP contribution in [0.5, 0.6) is 0 Å². The maximum Gasteiger partial charge on any atom is 0.182 e. The molecule has 2 rings (SSSR count). The van der Waals surface area contributed by atoms with Gasteiger partial charge in [-0.1, -0.05) is 0 Å². The van der Waals surface area contributed by atoms with Gasteiger partial charge in [0, 0.05) is 29.6 Å². The van der Waals surface area contributed by atoms with Crippen LogP contribution < -0.4 is 11.2 Å². The van der Waals surface area contributed by atoms with Gasteiger partial charge in [-0.05, 0) is 19.9 Å². The Hall–Kier alpha value is -2.17. The number of pyridine rings is 1. The van der Waals surface area contributed by atoms with Crippen LogP contribution in [0.15, 0.2) is 29.1 Å². The molecule has 1 aromatic heterocycles. The van der Waals surface area contributed by atoms with Crippen molar-refractivity contribution in [2.75, 3.05) is 5.73 Å². The fraction of sp³-hybridized carbons (Fsp3) is 0.154. The Bertz CT molecular complexity index is 628. The summed E-state index contributed by atoms with van der Waals surface area (Å²) in [4.78, 5) is 11.3. The SMILES string of the molecule is Cc1cc(=O)cc(C)n1-c1c(N)cc(F)cc1F. The Balaban J connectivity index is 2.82. The molecule has 0 aliphatic carbocycles. The van der Waals surface area contributed by atoms with Crippen LogP contribution in [-0.2, 0) is 0 Å². The van der Waals surface area contributed by atoms with Crippen molar-refractivity contribution in [3.05, 3.63) is 57.5 Å². The number of nitrogen functional groups attached to an aromatic ring is 1. The minimum Gasteiger partial charge on any atom is -0.397 e. The van der Waals surface area contributed by atoms with Gasteiger partial charge in [-0.2, -0.15) is 0 Å². The number of rotatable bonds is 1. The first kappa shape index (κ1) is 12.3. The number of benzene rings is 1. The van der Waals surface area contributed by atoms with Crippen LogP contribution in [0, 0.1) is 25.5 Å². The van der Waals surface area contributed by atoms with Crippen LogP contribution in [0.25, 0.3) is 5.69 Å². The van der Waals surface area contributed by atoms with Crippen molar-refractivity contribution < 1.29 is 8.78 Å². The van der Waals surface area contributed by atoms with E-state index in [0.717, 1.165) is 12.1 Å². The number of aryl methyl sites for hydroxylation is 2. The molecule has 0 aliphatic heterocycles. The summed E-state index contributed by atoms with van der Waals surface area (Å²) in [5.74, 6) is -1.49. The predicted molar refractivity (Wildman–Crippen MR) is 65.8 cm³/mol. The maximum atomic E-state index is 13.8. The average molecular weight is 250 g/mol. The van der Waals surface area contributed by atoms with E-state index in [1.54, 1.807) is 13.8 Å². The van der Waals surface area contributed by atoms with E-state index >= 15 is 0 Å². The predicted octanol–water partition coefficient (Wildman–Crippen LogP) is 2.31. The van der Waals surface area contributed by atoms with Crippen molar-refractivity contribution in [1.29, 1.82) is 0 Å². The number of hydrogen-bond acceptors (Lipinski definition) is 2. The fourth-order valence-electron chi connectivity index (χ4n) is 2.04. The van der Waals surface area contributed by atoms with Gasteiger partial charge in [-0.15, -0.1) is 0 Å². The Morgan fingerprint density at radius 1 is 1.06 bits per heavy atom. The summed E-state index contributed by atoms with van der Waals surface area (Å²) in [6, 6.07) is 4.56. The van der Waals surface area contributed by atoms with Crippen LogP contribution in [-0.4, -0.2) is 4.57 Å². The third kappa shape index (κ3) is 1.99. The van der Waals surface area contributed by atoms with E-state index in [0.29, 0.717) is 11.4 Å². The minimum absolute atomic E-state index is 0.0117. The van der Waals surface area contributed by atoms with E-state index in [2.05, 4.69) is 0 Å². The van der Waals surface area contributed by atoms with Crippen molar-refractivity contribution in [2.24, 2.45) is 0 Å². The largest absolute Gasteiger partial charge is 0.397 e. The molecule has 0 bridgehead atoms. The van der Waals surface area contributed by atoms with E-state index in [9.17, 15) is 13.6 Å². The number of aromatic nitrogens is 1. The molecule has 0 atom stereocenters. The molecule has 0 amide bonds. The Morgan fingerprint density at radius 3 is 2.11 bits per heavy atom. The van der Waals surface area contributed by atoms with Gasteiger partial charge in [0.1, 0.15) is 11.5 Å². The molecule has 1 aromatic carbocycles. The van der Waals surface area contributed by atoms with Crippen molar-refractivity contribution in [3.63, 3.8) is 0 Å². The summed E-state index contributed by atoms with van der Waals surface area (Å²) in [6.07, 6.45) is 0. The summed E-state index contributed by atoms with van der Waals surface area (Å²) in [5.41, 5.74) is 6.61. The highest BCUT2D eigenvalue weighted by atomic mass is 19.1. The molecule has 0 spiro atoms. The number of hydrogen-bond donors (Lipinski definition) is 1. The van der Waals surface area contributed by atoms with Gasteiger partial charge in [0.25, 0.3) is 0 Å². The van der Waals surface area contributed by atoms with Gasteiger partial charge in [0.05, 0.1) is 5.69 Å². The van der Waals surface area contributed by atoms with Crippen LogP contribution in [0.3, 0.4) is 0 Å². The highest BCUT2D eigenvalue weighted by molar-refractivity contribution is 5.60. The zero-order valence-corrected chi connectivity index (χ0v) is 10.00. The summed E-state index contributed by atoms with van der Waals surface area (Å²) < 4.78 is 28.3. The summed E-state index contributed by atoms with van der Waals surface area (Å²) >= 11 is 0. The third-order valence-corrected chi connectivity index (χ3v) is 2.69. The lowest BCUT2D eigenvalue weighted by atomic mass is 10.2. The first-order chi connectivity index (χ1) is 8.40. The molecule has 0 fully saturated rings. The van der Waals surface area contributed by atoms with Gasteiger partial charge in [-0.3, -0.25) is 4.79 Å². The second kappa shape index (κ2) is 4.25. The van der Waals surface area contributed by atoms with Gasteiger partial charge in [-0.25, -0.2) is 8.78 Å². The highest BCUT2D eigenvalue weighted by Crippen LogP contribution is 2.24. The molecule has 3 nitrogen and oxygen atoms in total. The van der Waals surface area contributed by atoms with E-state index in [1.165, 1.54) is 16.7 Å². The van der Waals surface area contributed by atoms with Gasteiger partial charge in [0.2, 0.25) is 0 Å². The third-order valence-electron chi connectivity index (χ3n) is 2.69. The summed E-state index contributed by atoms with van der Waals surface area (Å²) in [7, 11) is 0. The van der Waals surface area contributed by atoms with E-state index in [-0.39, 0.29) is 16.8 Å². The first-order valence-corrected chi connectivity index (χ1v) is 5.35. The van der Waals surface area contributed by atoms with Gasteiger partial charge >= 0.3 is 0 Å². The highest BCUT2D eigenvalue weighted by Gasteiger charge is 2.14. The summed E-state index contributed by atoms with van der Waals surface area (Å²) in [5, 5.41) is 0. The van der Waals surface area contributed by atoms with Crippen molar-refractivity contribution in [2.45, 2.75) is 13.8 Å². The number of anilines is 1. The molecule has 94 valence electrons. The lowest BCUT2D eigenvalue weighted by Gasteiger charge is -2.17. The second-order valence-electron chi connectivity index (χ2n) is 4.13. The Labute approximate surface area is 102 Å². The molecule has 0 saturated carbocycles. The minimum atomic E-state index is -0.762. The van der Waals surface area contributed by atoms with Gasteiger partial charge < -0.3 is 10.3 Å². The maximum absolute atomic E-state index is 13.8. The van der Waals surface area contributed by atoms with Crippen LogP contribution >= 0.6 is 0 Å². The van der Waals surface area contributed by atoms with Gasteiger partial charge in [0.15, 0.2) is 11.2 Å². The molecule has 0 saturated heterocycles. The standard InChI is InChI=1S/C13H12F2N2O/c1-7-3-10(18)4-8(2)17(7)13-11(15)5-9(14)6-12(13)16/h3-6H,16H2,1-2H3. The van der Waals surface area contributed by atoms with Crippen LogP contribution in [0.4, 0.5) is 14.5 Å². The van der Waals surface area contributed by atoms with E-state index in [4.69, 9.17) is 5.73 Å². The molecule has 2 N–H and O–H groups in total. The Kier molecular flexibility index (Phi) is 2.90. The topological polar surface area (TPSA) is 48.0 Å². The van der Waals surface area contributed by atoms with Crippen molar-refractivity contribution in [1.82, 2.24) is 4.57 Å².